The molecule has 2 aromatic heterocycles. The fourth-order valence-corrected chi connectivity index (χ4v) is 1.50. The summed E-state index contributed by atoms with van der Waals surface area (Å²) in [7, 11) is 1.65. The van der Waals surface area contributed by atoms with Gasteiger partial charge in [-0.15, -0.1) is 0 Å². The van der Waals surface area contributed by atoms with E-state index in [-0.39, 0.29) is 5.91 Å². The van der Waals surface area contributed by atoms with Crippen molar-refractivity contribution in [1.82, 2.24) is 19.6 Å². The first kappa shape index (κ1) is 11.9. The van der Waals surface area contributed by atoms with Crippen molar-refractivity contribution in [2.24, 2.45) is 7.05 Å². The molecular formula is C11H12N6O. The van der Waals surface area contributed by atoms with Crippen molar-refractivity contribution in [1.29, 1.82) is 5.26 Å². The Labute approximate surface area is 104 Å². The molecule has 0 saturated heterocycles. The minimum atomic E-state index is -0.359. The molecule has 2 rings (SSSR count). The fraction of sp³-hybridized carbons (Fsp3) is 0.273. The van der Waals surface area contributed by atoms with E-state index < -0.39 is 0 Å². The van der Waals surface area contributed by atoms with Gasteiger partial charge in [-0.25, -0.2) is 0 Å². The summed E-state index contributed by atoms with van der Waals surface area (Å²) < 4.78 is 3.09. The van der Waals surface area contributed by atoms with Gasteiger partial charge in [0.25, 0.3) is 5.91 Å². The smallest absolute Gasteiger partial charge is 0.277 e. The Morgan fingerprint density at radius 2 is 2.39 bits per heavy atom. The molecule has 0 spiro atoms. The first-order chi connectivity index (χ1) is 8.65. The number of nitrogens with zero attached hydrogens (tertiary/aromatic N) is 5. The minimum absolute atomic E-state index is 0.307. The van der Waals surface area contributed by atoms with Crippen LogP contribution in [0.4, 0.5) is 5.82 Å². The average molecular weight is 244 g/mol. The highest BCUT2D eigenvalue weighted by molar-refractivity contribution is 6.02. The van der Waals surface area contributed by atoms with Gasteiger partial charge in [-0.1, -0.05) is 0 Å². The Hall–Kier alpha value is -2.62. The zero-order chi connectivity index (χ0) is 13.1. The largest absolute Gasteiger partial charge is 0.304 e. The van der Waals surface area contributed by atoms with Crippen molar-refractivity contribution in [3.8, 4) is 6.07 Å². The van der Waals surface area contributed by atoms with E-state index in [0.29, 0.717) is 23.6 Å². The Balaban J connectivity index is 2.21. The zero-order valence-corrected chi connectivity index (χ0v) is 10.1. The highest BCUT2D eigenvalue weighted by Gasteiger charge is 2.14. The maximum atomic E-state index is 11.9. The van der Waals surface area contributed by atoms with Crippen LogP contribution in [0.5, 0.6) is 0 Å². The third kappa shape index (κ3) is 2.08. The van der Waals surface area contributed by atoms with Crippen LogP contribution in [-0.2, 0) is 13.6 Å². The second-order valence-electron chi connectivity index (χ2n) is 3.65. The molecule has 0 aliphatic rings. The maximum absolute atomic E-state index is 11.9. The SMILES string of the molecule is CCn1ccc(C(=O)Nc2c(C#N)cnn2C)n1. The number of aromatic nitrogens is 4. The van der Waals surface area contributed by atoms with Gasteiger partial charge in [0.1, 0.15) is 17.5 Å². The van der Waals surface area contributed by atoms with Crippen LogP contribution in [0.3, 0.4) is 0 Å². The topological polar surface area (TPSA) is 88.5 Å². The molecular weight excluding hydrogens is 232 g/mol. The average Bonchev–Trinajstić information content (AvgIpc) is 2.97. The molecule has 1 amide bonds. The third-order valence-electron chi connectivity index (χ3n) is 2.49. The summed E-state index contributed by atoms with van der Waals surface area (Å²) in [6, 6.07) is 3.59. The standard InChI is InChI=1S/C11H12N6O/c1-3-17-5-4-9(15-17)11(18)14-10-8(6-12)7-13-16(10)2/h4-5,7H,3H2,1-2H3,(H,14,18). The Kier molecular flexibility index (Phi) is 3.10. The van der Waals surface area contributed by atoms with E-state index in [1.807, 2.05) is 13.0 Å². The molecule has 7 heteroatoms. The number of amides is 1. The molecule has 2 aromatic rings. The van der Waals surface area contributed by atoms with Gasteiger partial charge in [-0.05, 0) is 13.0 Å². The van der Waals surface area contributed by atoms with E-state index in [4.69, 9.17) is 5.26 Å². The number of hydrogen-bond acceptors (Lipinski definition) is 4. The lowest BCUT2D eigenvalue weighted by atomic mass is 10.3. The number of rotatable bonds is 3. The van der Waals surface area contributed by atoms with Crippen LogP contribution in [0.2, 0.25) is 0 Å². The summed E-state index contributed by atoms with van der Waals surface area (Å²) in [5.74, 6) is 0.0100. The minimum Gasteiger partial charge on any atom is -0.304 e. The molecule has 0 fully saturated rings. The number of aryl methyl sites for hydroxylation is 2. The van der Waals surface area contributed by atoms with E-state index >= 15 is 0 Å². The lowest BCUT2D eigenvalue weighted by molar-refractivity contribution is 0.102. The molecule has 7 nitrogen and oxygen atoms in total. The Morgan fingerprint density at radius 3 is 3.00 bits per heavy atom. The molecule has 0 bridgehead atoms. The van der Waals surface area contributed by atoms with Crippen LogP contribution in [0.25, 0.3) is 0 Å². The zero-order valence-electron chi connectivity index (χ0n) is 10.1. The number of carbonyl (C=O) groups is 1. The van der Waals surface area contributed by atoms with Crippen LogP contribution in [0.15, 0.2) is 18.5 Å². The predicted octanol–water partition coefficient (Wildman–Crippen LogP) is 0.760. The lowest BCUT2D eigenvalue weighted by Gasteiger charge is -2.03. The molecule has 0 atom stereocenters. The number of hydrogen-bond donors (Lipinski definition) is 1. The molecule has 0 saturated carbocycles. The van der Waals surface area contributed by atoms with Crippen molar-refractivity contribution >= 4 is 11.7 Å². The fourth-order valence-electron chi connectivity index (χ4n) is 1.50. The number of nitriles is 1. The van der Waals surface area contributed by atoms with Crippen molar-refractivity contribution in [2.45, 2.75) is 13.5 Å². The Morgan fingerprint density at radius 1 is 1.61 bits per heavy atom. The molecule has 92 valence electrons. The van der Waals surface area contributed by atoms with Crippen LogP contribution < -0.4 is 5.32 Å². The number of nitrogens with one attached hydrogen (secondary N) is 1. The van der Waals surface area contributed by atoms with Crippen molar-refractivity contribution in [2.75, 3.05) is 5.32 Å². The summed E-state index contributed by atoms with van der Waals surface area (Å²) in [4.78, 5) is 11.9. The van der Waals surface area contributed by atoms with Gasteiger partial charge in [0.05, 0.1) is 6.20 Å². The van der Waals surface area contributed by atoms with Crippen LogP contribution in [0, 0.1) is 11.3 Å². The number of carbonyl (C=O) groups excluding carboxylic acids is 1. The molecule has 0 aliphatic carbocycles. The van der Waals surface area contributed by atoms with E-state index in [1.165, 1.54) is 10.9 Å². The van der Waals surface area contributed by atoms with Crippen LogP contribution >= 0.6 is 0 Å². The third-order valence-corrected chi connectivity index (χ3v) is 2.49. The quantitative estimate of drug-likeness (QED) is 0.863. The second kappa shape index (κ2) is 4.71. The Bertz CT molecular complexity index is 618. The first-order valence-electron chi connectivity index (χ1n) is 5.42. The monoisotopic (exact) mass is 244 g/mol. The van der Waals surface area contributed by atoms with E-state index in [0.717, 1.165) is 0 Å². The van der Waals surface area contributed by atoms with Gasteiger partial charge in [0, 0.05) is 19.8 Å². The van der Waals surface area contributed by atoms with Crippen molar-refractivity contribution < 1.29 is 4.79 Å². The second-order valence-corrected chi connectivity index (χ2v) is 3.65. The molecule has 0 unspecified atom stereocenters. The van der Waals surface area contributed by atoms with Crippen molar-refractivity contribution in [3.05, 3.63) is 29.7 Å². The maximum Gasteiger partial charge on any atom is 0.277 e. The van der Waals surface area contributed by atoms with Gasteiger partial charge < -0.3 is 5.32 Å². The molecule has 2 heterocycles. The van der Waals surface area contributed by atoms with Gasteiger partial charge in [0.15, 0.2) is 5.69 Å². The molecule has 18 heavy (non-hydrogen) atoms. The highest BCUT2D eigenvalue weighted by atomic mass is 16.2. The van der Waals surface area contributed by atoms with Gasteiger partial charge >= 0.3 is 0 Å². The molecule has 0 aromatic carbocycles. The first-order valence-corrected chi connectivity index (χ1v) is 5.42. The van der Waals surface area contributed by atoms with Crippen LogP contribution in [0.1, 0.15) is 23.0 Å². The molecule has 0 radical (unpaired) electrons. The summed E-state index contributed by atoms with van der Waals surface area (Å²) in [6.45, 7) is 2.63. The summed E-state index contributed by atoms with van der Waals surface area (Å²) in [5.41, 5.74) is 0.628. The molecule has 0 aliphatic heterocycles. The lowest BCUT2D eigenvalue weighted by Crippen LogP contribution is -2.16. The molecule has 1 N–H and O–H groups in total. The van der Waals surface area contributed by atoms with Gasteiger partial charge in [-0.2, -0.15) is 15.5 Å². The predicted molar refractivity (Wildman–Crippen MR) is 63.8 cm³/mol. The van der Waals surface area contributed by atoms with Crippen molar-refractivity contribution in [3.63, 3.8) is 0 Å². The van der Waals surface area contributed by atoms with Gasteiger partial charge in [-0.3, -0.25) is 14.2 Å². The van der Waals surface area contributed by atoms with E-state index in [1.54, 1.807) is 24.0 Å². The highest BCUT2D eigenvalue weighted by Crippen LogP contribution is 2.13. The van der Waals surface area contributed by atoms with Crippen LogP contribution in [-0.4, -0.2) is 25.5 Å². The summed E-state index contributed by atoms with van der Waals surface area (Å²) in [5, 5.41) is 19.5. The number of anilines is 1. The van der Waals surface area contributed by atoms with E-state index in [2.05, 4.69) is 15.5 Å². The van der Waals surface area contributed by atoms with Gasteiger partial charge in [0.2, 0.25) is 0 Å². The summed E-state index contributed by atoms with van der Waals surface area (Å²) in [6.07, 6.45) is 3.13. The normalized spacial score (nSPS) is 10.1. The summed E-state index contributed by atoms with van der Waals surface area (Å²) >= 11 is 0. The van der Waals surface area contributed by atoms with E-state index in [9.17, 15) is 4.79 Å².